The van der Waals surface area contributed by atoms with Crippen molar-refractivity contribution in [1.82, 2.24) is 4.90 Å². The number of rotatable bonds is 0. The summed E-state index contributed by atoms with van der Waals surface area (Å²) in [6, 6.07) is 0. The Balaban J connectivity index is 2.57. The van der Waals surface area contributed by atoms with Crippen molar-refractivity contribution in [3.05, 3.63) is 11.6 Å². The predicted octanol–water partition coefficient (Wildman–Crippen LogP) is 2.82. The summed E-state index contributed by atoms with van der Waals surface area (Å²) >= 11 is 0. The van der Waals surface area contributed by atoms with Gasteiger partial charge in [0, 0.05) is 13.1 Å². The fraction of sp³-hybridized carbons (Fsp3) is 0.750. The molecule has 1 atom stereocenters. The van der Waals surface area contributed by atoms with E-state index in [1.165, 1.54) is 5.57 Å². The summed E-state index contributed by atoms with van der Waals surface area (Å²) in [6.07, 6.45) is 1.89. The molecule has 1 unspecified atom stereocenters. The van der Waals surface area contributed by atoms with Crippen LogP contribution in [0.2, 0.25) is 0 Å². The van der Waals surface area contributed by atoms with Crippen LogP contribution in [-0.2, 0) is 4.74 Å². The molecule has 0 aromatic carbocycles. The molecular formula is C12H21NO2. The molecule has 1 amide bonds. The first-order valence-electron chi connectivity index (χ1n) is 5.44. The van der Waals surface area contributed by atoms with Gasteiger partial charge < -0.3 is 9.64 Å². The summed E-state index contributed by atoms with van der Waals surface area (Å²) in [6.45, 7) is 11.3. The number of carbonyl (C=O) groups excluding carboxylic acids is 1. The van der Waals surface area contributed by atoms with E-state index in [9.17, 15) is 4.79 Å². The van der Waals surface area contributed by atoms with Gasteiger partial charge in [-0.1, -0.05) is 18.6 Å². The Morgan fingerprint density at radius 2 is 2.13 bits per heavy atom. The fourth-order valence-electron chi connectivity index (χ4n) is 1.48. The van der Waals surface area contributed by atoms with Crippen LogP contribution in [0.4, 0.5) is 4.79 Å². The van der Waals surface area contributed by atoms with Gasteiger partial charge in [0.05, 0.1) is 0 Å². The molecule has 1 aliphatic rings. The Labute approximate surface area is 92.1 Å². The van der Waals surface area contributed by atoms with Gasteiger partial charge in [-0.25, -0.2) is 4.79 Å². The second-order valence-corrected chi connectivity index (χ2v) is 5.23. The van der Waals surface area contributed by atoms with Gasteiger partial charge >= 0.3 is 6.09 Å². The molecule has 0 saturated heterocycles. The van der Waals surface area contributed by atoms with Gasteiger partial charge in [0.15, 0.2) is 0 Å². The number of hydrogen-bond acceptors (Lipinski definition) is 2. The van der Waals surface area contributed by atoms with Crippen LogP contribution in [0.1, 0.15) is 34.6 Å². The average molecular weight is 211 g/mol. The van der Waals surface area contributed by atoms with Gasteiger partial charge in [0.1, 0.15) is 5.60 Å². The Morgan fingerprint density at radius 1 is 1.53 bits per heavy atom. The topological polar surface area (TPSA) is 29.5 Å². The highest BCUT2D eigenvalue weighted by molar-refractivity contribution is 5.68. The zero-order valence-corrected chi connectivity index (χ0v) is 10.3. The Morgan fingerprint density at radius 3 is 2.60 bits per heavy atom. The van der Waals surface area contributed by atoms with Crippen molar-refractivity contribution < 1.29 is 9.53 Å². The minimum absolute atomic E-state index is 0.210. The molecule has 1 heterocycles. The first kappa shape index (κ1) is 12.1. The number of hydrogen-bond donors (Lipinski definition) is 0. The van der Waals surface area contributed by atoms with E-state index in [-0.39, 0.29) is 6.09 Å². The zero-order valence-electron chi connectivity index (χ0n) is 10.3. The minimum atomic E-state index is -0.406. The lowest BCUT2D eigenvalue weighted by molar-refractivity contribution is 0.0244. The van der Waals surface area contributed by atoms with Crippen molar-refractivity contribution in [3.63, 3.8) is 0 Å². The van der Waals surface area contributed by atoms with Crippen LogP contribution in [0, 0.1) is 5.92 Å². The van der Waals surface area contributed by atoms with Crippen LogP contribution >= 0.6 is 0 Å². The third-order valence-corrected chi connectivity index (χ3v) is 2.56. The summed E-state index contributed by atoms with van der Waals surface area (Å²) in [5.74, 6) is 0.436. The van der Waals surface area contributed by atoms with Crippen LogP contribution in [0.15, 0.2) is 11.6 Å². The normalized spacial score (nSPS) is 22.3. The Bertz CT molecular complexity index is 276. The van der Waals surface area contributed by atoms with Gasteiger partial charge in [-0.2, -0.15) is 0 Å². The molecule has 1 aliphatic heterocycles. The summed E-state index contributed by atoms with van der Waals surface area (Å²) in [4.78, 5) is 13.5. The Kier molecular flexibility index (Phi) is 3.42. The van der Waals surface area contributed by atoms with Crippen molar-refractivity contribution >= 4 is 6.09 Å². The lowest BCUT2D eigenvalue weighted by Gasteiger charge is -2.31. The van der Waals surface area contributed by atoms with E-state index in [4.69, 9.17) is 4.74 Å². The maximum absolute atomic E-state index is 11.7. The molecule has 0 N–H and O–H groups in total. The first-order valence-corrected chi connectivity index (χ1v) is 5.44. The molecule has 0 saturated carbocycles. The van der Waals surface area contributed by atoms with Crippen LogP contribution in [0.5, 0.6) is 0 Å². The van der Waals surface area contributed by atoms with Gasteiger partial charge in [0.2, 0.25) is 0 Å². The van der Waals surface area contributed by atoms with Crippen molar-refractivity contribution in [2.75, 3.05) is 13.1 Å². The standard InChI is InChI=1S/C12H21NO2/c1-9-6-7-13(8-10(9)2)11(14)15-12(3,4)5/h6,10H,7-8H2,1-5H3. The molecule has 0 aliphatic carbocycles. The highest BCUT2D eigenvalue weighted by Gasteiger charge is 2.25. The molecule has 0 bridgehead atoms. The van der Waals surface area contributed by atoms with Crippen LogP contribution in [0.3, 0.4) is 0 Å². The highest BCUT2D eigenvalue weighted by Crippen LogP contribution is 2.19. The lowest BCUT2D eigenvalue weighted by Crippen LogP contribution is -2.41. The summed E-state index contributed by atoms with van der Waals surface area (Å²) in [7, 11) is 0. The molecule has 0 aromatic heterocycles. The van der Waals surface area contributed by atoms with Crippen molar-refractivity contribution in [2.24, 2.45) is 5.92 Å². The molecule has 0 aromatic rings. The molecule has 86 valence electrons. The second-order valence-electron chi connectivity index (χ2n) is 5.23. The minimum Gasteiger partial charge on any atom is -0.444 e. The third kappa shape index (κ3) is 3.57. The monoisotopic (exact) mass is 211 g/mol. The van der Waals surface area contributed by atoms with Gasteiger partial charge in [-0.05, 0) is 33.6 Å². The summed E-state index contributed by atoms with van der Waals surface area (Å²) in [5.41, 5.74) is 0.950. The van der Waals surface area contributed by atoms with E-state index >= 15 is 0 Å². The van der Waals surface area contributed by atoms with Crippen molar-refractivity contribution in [2.45, 2.75) is 40.2 Å². The lowest BCUT2D eigenvalue weighted by atomic mass is 9.99. The average Bonchev–Trinajstić information content (AvgIpc) is 2.06. The Hall–Kier alpha value is -0.990. The molecule has 3 heteroatoms. The third-order valence-electron chi connectivity index (χ3n) is 2.56. The molecule has 0 fully saturated rings. The van der Waals surface area contributed by atoms with E-state index in [1.54, 1.807) is 4.90 Å². The van der Waals surface area contributed by atoms with Crippen LogP contribution in [0.25, 0.3) is 0 Å². The maximum Gasteiger partial charge on any atom is 0.410 e. The smallest absolute Gasteiger partial charge is 0.410 e. The molecule has 3 nitrogen and oxygen atoms in total. The van der Waals surface area contributed by atoms with Crippen molar-refractivity contribution in [1.29, 1.82) is 0 Å². The first-order chi connectivity index (χ1) is 6.79. The SMILES string of the molecule is CC1=CCN(C(=O)OC(C)(C)C)CC1C. The van der Waals surface area contributed by atoms with E-state index in [0.717, 1.165) is 6.54 Å². The number of carbonyl (C=O) groups is 1. The van der Waals surface area contributed by atoms with E-state index in [1.807, 2.05) is 20.8 Å². The van der Waals surface area contributed by atoms with E-state index < -0.39 is 5.60 Å². The number of nitrogens with zero attached hydrogens (tertiary/aromatic N) is 1. The van der Waals surface area contributed by atoms with Gasteiger partial charge in [-0.3, -0.25) is 0 Å². The largest absolute Gasteiger partial charge is 0.444 e. The van der Waals surface area contributed by atoms with E-state index in [0.29, 0.717) is 12.5 Å². The fourth-order valence-corrected chi connectivity index (χ4v) is 1.48. The molecular weight excluding hydrogens is 190 g/mol. The van der Waals surface area contributed by atoms with Crippen LogP contribution in [-0.4, -0.2) is 29.7 Å². The molecule has 0 radical (unpaired) electrons. The predicted molar refractivity (Wildman–Crippen MR) is 60.7 cm³/mol. The highest BCUT2D eigenvalue weighted by atomic mass is 16.6. The van der Waals surface area contributed by atoms with Gasteiger partial charge in [0.25, 0.3) is 0 Å². The molecule has 1 rings (SSSR count). The molecule has 15 heavy (non-hydrogen) atoms. The summed E-state index contributed by atoms with van der Waals surface area (Å²) in [5, 5.41) is 0. The quantitative estimate of drug-likeness (QED) is 0.577. The van der Waals surface area contributed by atoms with Crippen LogP contribution < -0.4 is 0 Å². The maximum atomic E-state index is 11.7. The number of amides is 1. The zero-order chi connectivity index (χ0) is 11.6. The van der Waals surface area contributed by atoms with E-state index in [2.05, 4.69) is 19.9 Å². The molecule has 0 spiro atoms. The summed E-state index contributed by atoms with van der Waals surface area (Å²) < 4.78 is 5.32. The van der Waals surface area contributed by atoms with Crippen molar-refractivity contribution in [3.8, 4) is 0 Å². The second kappa shape index (κ2) is 4.25. The van der Waals surface area contributed by atoms with Gasteiger partial charge in [-0.15, -0.1) is 0 Å². The number of ether oxygens (including phenoxy) is 1.